The standard InChI is InChI=1S/C10H16N5O12P3/c11-8-5-9(13-2-12-8)15(3-14-5)10-7(17)6(16)4(26-10)1-25-29(21,22)30(23,24)27-28(18,19)20/h2-4,6-7,10,16-17H,1H2,(H,21,22)(H,23,24)(H2,11,12,13)(H2,18,19,20)/t4-,6-,7-,10-/m1/s1. The molecule has 0 aliphatic carbocycles. The smallest absolute Gasteiger partial charge is 0.387 e. The molecule has 168 valence electrons. The van der Waals surface area contributed by atoms with Crippen LogP contribution in [0.5, 0.6) is 0 Å². The number of anilines is 1. The highest BCUT2D eigenvalue weighted by molar-refractivity contribution is 8.27. The van der Waals surface area contributed by atoms with Crippen LogP contribution in [0.3, 0.4) is 0 Å². The summed E-state index contributed by atoms with van der Waals surface area (Å²) >= 11 is 0. The van der Waals surface area contributed by atoms with E-state index in [0.717, 1.165) is 6.33 Å². The second kappa shape index (κ2) is 7.98. The van der Waals surface area contributed by atoms with E-state index in [2.05, 4.69) is 23.8 Å². The first-order valence-electron chi connectivity index (χ1n) is 7.75. The minimum Gasteiger partial charge on any atom is -0.387 e. The Kier molecular flexibility index (Phi) is 6.21. The van der Waals surface area contributed by atoms with E-state index in [1.54, 1.807) is 0 Å². The molecule has 6 atom stereocenters. The van der Waals surface area contributed by atoms with E-state index < -0.39 is 53.5 Å². The molecule has 0 amide bonds. The SMILES string of the molecule is Nc1ncnc2c1ncn2[C@@H]1O[C@H](COP(=O)(O)P(=O)(O)OP(=O)(O)O)[C@@H](O)[C@H]1O. The molecule has 1 aliphatic heterocycles. The number of rotatable bonds is 7. The van der Waals surface area contributed by atoms with Gasteiger partial charge in [-0.25, -0.2) is 28.6 Å². The van der Waals surface area contributed by atoms with Gasteiger partial charge in [0.1, 0.15) is 30.2 Å². The molecule has 1 fully saturated rings. The number of nitrogen functional groups attached to an aromatic ring is 1. The van der Waals surface area contributed by atoms with Gasteiger partial charge in [0.25, 0.3) is 0 Å². The highest BCUT2D eigenvalue weighted by Gasteiger charge is 2.52. The van der Waals surface area contributed by atoms with Gasteiger partial charge >= 0.3 is 22.4 Å². The minimum atomic E-state index is -5.83. The topological polar surface area (TPSA) is 270 Å². The maximum Gasteiger partial charge on any atom is 0.477 e. The van der Waals surface area contributed by atoms with Crippen LogP contribution in [0.4, 0.5) is 5.82 Å². The molecule has 0 saturated carbocycles. The number of hydrogen-bond acceptors (Lipinski definition) is 12. The molecule has 8 N–H and O–H groups in total. The largest absolute Gasteiger partial charge is 0.477 e. The molecule has 0 aromatic carbocycles. The number of hydrogen-bond donors (Lipinski definition) is 7. The zero-order valence-corrected chi connectivity index (χ0v) is 17.2. The van der Waals surface area contributed by atoms with Crippen molar-refractivity contribution in [3.05, 3.63) is 12.7 Å². The van der Waals surface area contributed by atoms with Crippen molar-refractivity contribution in [2.45, 2.75) is 24.5 Å². The molecular weight excluding hydrogens is 475 g/mol. The Labute approximate surface area is 166 Å². The van der Waals surface area contributed by atoms with Gasteiger partial charge in [-0.2, -0.15) is 4.31 Å². The van der Waals surface area contributed by atoms with Crippen LogP contribution < -0.4 is 5.73 Å². The molecule has 2 aromatic heterocycles. The molecular formula is C10H16N5O12P3. The second-order valence-electron chi connectivity index (χ2n) is 5.98. The van der Waals surface area contributed by atoms with Crippen molar-refractivity contribution in [3.8, 4) is 0 Å². The lowest BCUT2D eigenvalue weighted by Gasteiger charge is -2.20. The Hall–Kier alpha value is -1.32. The molecule has 3 heterocycles. The fourth-order valence-corrected chi connectivity index (χ4v) is 6.87. The van der Waals surface area contributed by atoms with Crippen LogP contribution in [-0.4, -0.2) is 74.2 Å². The molecule has 0 radical (unpaired) electrons. The average Bonchev–Trinajstić information content (AvgIpc) is 3.14. The third-order valence-electron chi connectivity index (χ3n) is 3.94. The second-order valence-corrected chi connectivity index (χ2v) is 12.9. The van der Waals surface area contributed by atoms with E-state index in [4.69, 9.17) is 20.3 Å². The summed E-state index contributed by atoms with van der Waals surface area (Å²) in [6.07, 6.45) is -3.82. The van der Waals surface area contributed by atoms with E-state index in [0.29, 0.717) is 0 Å². The third-order valence-corrected chi connectivity index (χ3v) is 9.68. The van der Waals surface area contributed by atoms with Gasteiger partial charge in [0.2, 0.25) is 0 Å². The van der Waals surface area contributed by atoms with Gasteiger partial charge in [0, 0.05) is 0 Å². The lowest BCUT2D eigenvalue weighted by Crippen LogP contribution is -2.33. The molecule has 1 aliphatic rings. The lowest BCUT2D eigenvalue weighted by atomic mass is 10.1. The van der Waals surface area contributed by atoms with Crippen molar-refractivity contribution in [3.63, 3.8) is 0 Å². The molecule has 0 bridgehead atoms. The van der Waals surface area contributed by atoms with Crippen LogP contribution in [0.2, 0.25) is 0 Å². The van der Waals surface area contributed by atoms with Gasteiger partial charge in [0.15, 0.2) is 17.7 Å². The predicted octanol–water partition coefficient (Wildman–Crippen LogP) is -1.56. The van der Waals surface area contributed by atoms with Crippen molar-refractivity contribution in [2.24, 2.45) is 0 Å². The Bertz CT molecular complexity index is 1090. The van der Waals surface area contributed by atoms with Crippen molar-refractivity contribution >= 4 is 39.4 Å². The number of phosphoric acid groups is 1. The fraction of sp³-hybridized carbons (Fsp3) is 0.500. The number of aliphatic hydroxyl groups is 2. The van der Waals surface area contributed by atoms with Gasteiger partial charge in [-0.3, -0.25) is 9.09 Å². The van der Waals surface area contributed by atoms with Crippen molar-refractivity contribution < 1.29 is 57.1 Å². The first-order valence-corrected chi connectivity index (χ1v) is 13.1. The maximum absolute atomic E-state index is 11.9. The third kappa shape index (κ3) is 4.48. The molecule has 0 spiro atoms. The highest BCUT2D eigenvalue weighted by atomic mass is 32.1. The molecule has 1 saturated heterocycles. The molecule has 30 heavy (non-hydrogen) atoms. The number of aliphatic hydroxyl groups excluding tert-OH is 2. The number of nitrogens with zero attached hydrogens (tertiary/aromatic N) is 4. The molecule has 2 aromatic rings. The predicted molar refractivity (Wildman–Crippen MR) is 94.4 cm³/mol. The molecule has 17 nitrogen and oxygen atoms in total. The van der Waals surface area contributed by atoms with Gasteiger partial charge in [0.05, 0.1) is 12.9 Å². The summed E-state index contributed by atoms with van der Waals surface area (Å²) in [7, 11) is -17.1. The number of aromatic nitrogens is 4. The Morgan fingerprint density at radius 1 is 1.07 bits per heavy atom. The lowest BCUT2D eigenvalue weighted by molar-refractivity contribution is -0.0481. The van der Waals surface area contributed by atoms with E-state index in [9.17, 15) is 33.7 Å². The van der Waals surface area contributed by atoms with Gasteiger partial charge in [-0.1, -0.05) is 0 Å². The highest BCUT2D eigenvalue weighted by Crippen LogP contribution is 2.81. The van der Waals surface area contributed by atoms with Crippen molar-refractivity contribution in [1.82, 2.24) is 19.5 Å². The average molecular weight is 491 g/mol. The summed E-state index contributed by atoms with van der Waals surface area (Å²) in [5, 5.41) is 20.4. The van der Waals surface area contributed by atoms with E-state index >= 15 is 0 Å². The van der Waals surface area contributed by atoms with Crippen LogP contribution in [0.25, 0.3) is 11.2 Å². The first-order chi connectivity index (χ1) is 13.7. The van der Waals surface area contributed by atoms with E-state index in [1.165, 1.54) is 10.9 Å². The number of fused-ring (bicyclic) bond motifs is 1. The normalized spacial score (nSPS) is 29.0. The van der Waals surface area contributed by atoms with Gasteiger partial charge < -0.3 is 40.3 Å². The summed E-state index contributed by atoms with van der Waals surface area (Å²) in [6, 6.07) is 0. The number of imidazole rings is 1. The Balaban J connectivity index is 1.76. The number of ether oxygens (including phenoxy) is 1. The van der Waals surface area contributed by atoms with Crippen LogP contribution >= 0.6 is 22.4 Å². The van der Waals surface area contributed by atoms with Crippen LogP contribution in [0.15, 0.2) is 12.7 Å². The van der Waals surface area contributed by atoms with Crippen molar-refractivity contribution in [1.29, 1.82) is 0 Å². The van der Waals surface area contributed by atoms with Crippen LogP contribution in [0.1, 0.15) is 6.23 Å². The maximum atomic E-state index is 11.9. The fourth-order valence-electron chi connectivity index (χ4n) is 2.58. The van der Waals surface area contributed by atoms with Crippen molar-refractivity contribution in [2.75, 3.05) is 12.3 Å². The molecule has 2 unspecified atom stereocenters. The zero-order valence-electron chi connectivity index (χ0n) is 14.5. The van der Waals surface area contributed by atoms with Gasteiger partial charge in [-0.15, -0.1) is 0 Å². The molecule has 20 heteroatoms. The molecule has 3 rings (SSSR count). The zero-order chi connectivity index (χ0) is 22.5. The van der Waals surface area contributed by atoms with Crippen LogP contribution in [-0.2, 0) is 27.3 Å². The monoisotopic (exact) mass is 491 g/mol. The first kappa shape index (κ1) is 23.3. The van der Waals surface area contributed by atoms with E-state index in [1.807, 2.05) is 0 Å². The summed E-state index contributed by atoms with van der Waals surface area (Å²) < 4.78 is 48.6. The summed E-state index contributed by atoms with van der Waals surface area (Å²) in [6.45, 7) is -1.03. The number of nitrogens with two attached hydrogens (primary N) is 1. The Morgan fingerprint density at radius 3 is 2.37 bits per heavy atom. The van der Waals surface area contributed by atoms with Gasteiger partial charge in [-0.05, 0) is 0 Å². The van der Waals surface area contributed by atoms with E-state index in [-0.39, 0.29) is 17.0 Å². The quantitative estimate of drug-likeness (QED) is 0.216. The minimum absolute atomic E-state index is 0.0386. The summed E-state index contributed by atoms with van der Waals surface area (Å²) in [5.74, 6) is 0.0386. The van der Waals surface area contributed by atoms with Crippen LogP contribution in [0, 0.1) is 0 Å². The summed E-state index contributed by atoms with van der Waals surface area (Å²) in [4.78, 5) is 47.6. The summed E-state index contributed by atoms with van der Waals surface area (Å²) in [5.41, 5.74) is 5.98. The Morgan fingerprint density at radius 2 is 1.73 bits per heavy atom.